The summed E-state index contributed by atoms with van der Waals surface area (Å²) in [6.45, 7) is 2.38. The van der Waals surface area contributed by atoms with E-state index < -0.39 is 0 Å². The molecule has 1 aromatic rings. The number of carbonyl (C=O) groups excluding carboxylic acids is 1. The van der Waals surface area contributed by atoms with Crippen molar-refractivity contribution in [3.8, 4) is 11.5 Å². The fraction of sp³-hybridized carbons (Fsp3) is 0.533. The summed E-state index contributed by atoms with van der Waals surface area (Å²) in [5.74, 6) is 1.57. The molecular weight excluding hydrogens is 272 g/mol. The molecule has 0 bridgehead atoms. The maximum atomic E-state index is 12.2. The van der Waals surface area contributed by atoms with E-state index in [2.05, 4.69) is 0 Å². The SMILES string of the molecule is COCCN(Cc1ccc2c(c1)OCO2)C(=O)CCCN. The minimum absolute atomic E-state index is 0.0927. The molecule has 0 atom stereocenters. The predicted octanol–water partition coefficient (Wildman–Crippen LogP) is 1.13. The number of nitrogens with zero attached hydrogens (tertiary/aromatic N) is 1. The Labute approximate surface area is 124 Å². The number of methoxy groups -OCH3 is 1. The number of ether oxygens (including phenoxy) is 3. The van der Waals surface area contributed by atoms with Gasteiger partial charge in [-0.15, -0.1) is 0 Å². The van der Waals surface area contributed by atoms with Crippen LogP contribution in [0, 0.1) is 0 Å². The Morgan fingerprint density at radius 2 is 2.19 bits per heavy atom. The van der Waals surface area contributed by atoms with Gasteiger partial charge >= 0.3 is 0 Å². The van der Waals surface area contributed by atoms with Crippen molar-refractivity contribution in [1.29, 1.82) is 0 Å². The highest BCUT2D eigenvalue weighted by atomic mass is 16.7. The standard InChI is InChI=1S/C15H22N2O4/c1-19-8-7-17(15(18)3-2-6-16)10-12-4-5-13-14(9-12)21-11-20-13/h4-5,9H,2-3,6-8,10-11,16H2,1H3. The van der Waals surface area contributed by atoms with Crippen molar-refractivity contribution in [2.75, 3.05) is 33.6 Å². The number of hydrogen-bond acceptors (Lipinski definition) is 5. The van der Waals surface area contributed by atoms with Gasteiger partial charge in [0.15, 0.2) is 11.5 Å². The number of fused-ring (bicyclic) bond motifs is 1. The summed E-state index contributed by atoms with van der Waals surface area (Å²) in [6.07, 6.45) is 1.16. The van der Waals surface area contributed by atoms with E-state index in [9.17, 15) is 4.79 Å². The van der Waals surface area contributed by atoms with Crippen molar-refractivity contribution in [1.82, 2.24) is 4.90 Å². The lowest BCUT2D eigenvalue weighted by Gasteiger charge is -2.22. The van der Waals surface area contributed by atoms with Crippen LogP contribution in [-0.2, 0) is 16.1 Å². The van der Waals surface area contributed by atoms with E-state index in [1.54, 1.807) is 12.0 Å². The zero-order valence-electron chi connectivity index (χ0n) is 12.3. The third-order valence-corrected chi connectivity index (χ3v) is 3.32. The van der Waals surface area contributed by atoms with Gasteiger partial charge in [-0.25, -0.2) is 0 Å². The number of nitrogens with two attached hydrogens (primary N) is 1. The van der Waals surface area contributed by atoms with Crippen LogP contribution in [0.5, 0.6) is 11.5 Å². The molecule has 116 valence electrons. The lowest BCUT2D eigenvalue weighted by atomic mass is 10.1. The Kier molecular flexibility index (Phi) is 5.83. The molecule has 0 fully saturated rings. The monoisotopic (exact) mass is 294 g/mol. The summed E-state index contributed by atoms with van der Waals surface area (Å²) in [4.78, 5) is 14.0. The molecule has 0 saturated heterocycles. The van der Waals surface area contributed by atoms with Crippen molar-refractivity contribution in [2.24, 2.45) is 5.73 Å². The van der Waals surface area contributed by atoms with Crippen molar-refractivity contribution < 1.29 is 19.0 Å². The van der Waals surface area contributed by atoms with E-state index in [4.69, 9.17) is 19.9 Å². The van der Waals surface area contributed by atoms with Gasteiger partial charge < -0.3 is 24.8 Å². The molecule has 0 saturated carbocycles. The number of carbonyl (C=O) groups is 1. The zero-order chi connectivity index (χ0) is 15.1. The predicted molar refractivity (Wildman–Crippen MR) is 78.1 cm³/mol. The molecule has 21 heavy (non-hydrogen) atoms. The summed E-state index contributed by atoms with van der Waals surface area (Å²) in [6, 6.07) is 5.73. The molecular formula is C15H22N2O4. The first kappa shape index (κ1) is 15.6. The first-order chi connectivity index (χ1) is 10.2. The van der Waals surface area contributed by atoms with Crippen LogP contribution >= 0.6 is 0 Å². The van der Waals surface area contributed by atoms with Crippen molar-refractivity contribution in [3.63, 3.8) is 0 Å². The van der Waals surface area contributed by atoms with Crippen LogP contribution in [0.25, 0.3) is 0 Å². The normalized spacial score (nSPS) is 12.5. The minimum atomic E-state index is 0.0927. The molecule has 1 aromatic carbocycles. The summed E-state index contributed by atoms with van der Waals surface area (Å²) in [5, 5.41) is 0. The second-order valence-corrected chi connectivity index (χ2v) is 4.89. The summed E-state index contributed by atoms with van der Waals surface area (Å²) < 4.78 is 15.7. The van der Waals surface area contributed by atoms with E-state index in [1.807, 2.05) is 18.2 Å². The van der Waals surface area contributed by atoms with E-state index in [1.165, 1.54) is 0 Å². The van der Waals surface area contributed by atoms with Crippen LogP contribution in [0.2, 0.25) is 0 Å². The third-order valence-electron chi connectivity index (χ3n) is 3.32. The Hall–Kier alpha value is -1.79. The van der Waals surface area contributed by atoms with Gasteiger partial charge in [0.1, 0.15) is 0 Å². The first-order valence-electron chi connectivity index (χ1n) is 7.10. The van der Waals surface area contributed by atoms with Gasteiger partial charge in [-0.3, -0.25) is 4.79 Å². The summed E-state index contributed by atoms with van der Waals surface area (Å²) in [7, 11) is 1.63. The van der Waals surface area contributed by atoms with E-state index >= 15 is 0 Å². The molecule has 1 aliphatic heterocycles. The summed E-state index contributed by atoms with van der Waals surface area (Å²) >= 11 is 0. The Balaban J connectivity index is 2.01. The van der Waals surface area contributed by atoms with Crippen LogP contribution in [0.1, 0.15) is 18.4 Å². The van der Waals surface area contributed by atoms with Crippen molar-refractivity contribution in [2.45, 2.75) is 19.4 Å². The molecule has 6 nitrogen and oxygen atoms in total. The van der Waals surface area contributed by atoms with Gasteiger partial charge in [0.05, 0.1) is 6.61 Å². The van der Waals surface area contributed by atoms with Crippen molar-refractivity contribution in [3.05, 3.63) is 23.8 Å². The first-order valence-corrected chi connectivity index (χ1v) is 7.10. The molecule has 6 heteroatoms. The second-order valence-electron chi connectivity index (χ2n) is 4.89. The highest BCUT2D eigenvalue weighted by Crippen LogP contribution is 2.32. The number of rotatable bonds is 8. The largest absolute Gasteiger partial charge is 0.454 e. The van der Waals surface area contributed by atoms with E-state index in [0.717, 1.165) is 17.1 Å². The Bertz CT molecular complexity index is 479. The van der Waals surface area contributed by atoms with Gasteiger partial charge in [0, 0.05) is 26.6 Å². The fourth-order valence-electron chi connectivity index (χ4n) is 2.16. The highest BCUT2D eigenvalue weighted by Gasteiger charge is 2.17. The third kappa shape index (κ3) is 4.34. The molecule has 2 rings (SSSR count). The van der Waals surface area contributed by atoms with Crippen LogP contribution in [0.4, 0.5) is 0 Å². The number of amides is 1. The Morgan fingerprint density at radius 3 is 2.95 bits per heavy atom. The summed E-state index contributed by atoms with van der Waals surface area (Å²) in [5.41, 5.74) is 6.48. The van der Waals surface area contributed by atoms with Gasteiger partial charge in [-0.05, 0) is 30.7 Å². The van der Waals surface area contributed by atoms with Gasteiger partial charge in [-0.2, -0.15) is 0 Å². The van der Waals surface area contributed by atoms with Gasteiger partial charge in [0.2, 0.25) is 12.7 Å². The van der Waals surface area contributed by atoms with Crippen LogP contribution in [0.15, 0.2) is 18.2 Å². The average Bonchev–Trinajstić information content (AvgIpc) is 2.96. The zero-order valence-corrected chi connectivity index (χ0v) is 12.3. The minimum Gasteiger partial charge on any atom is -0.454 e. The van der Waals surface area contributed by atoms with Gasteiger partial charge in [-0.1, -0.05) is 6.07 Å². The van der Waals surface area contributed by atoms with Crippen LogP contribution < -0.4 is 15.2 Å². The fourth-order valence-corrected chi connectivity index (χ4v) is 2.16. The lowest BCUT2D eigenvalue weighted by Crippen LogP contribution is -2.33. The van der Waals surface area contributed by atoms with E-state index in [-0.39, 0.29) is 12.7 Å². The smallest absolute Gasteiger partial charge is 0.231 e. The molecule has 1 heterocycles. The molecule has 0 spiro atoms. The molecule has 1 amide bonds. The maximum absolute atomic E-state index is 12.2. The molecule has 0 aromatic heterocycles. The maximum Gasteiger partial charge on any atom is 0.231 e. The highest BCUT2D eigenvalue weighted by molar-refractivity contribution is 5.76. The molecule has 1 aliphatic rings. The van der Waals surface area contributed by atoms with E-state index in [0.29, 0.717) is 39.1 Å². The Morgan fingerprint density at radius 1 is 1.38 bits per heavy atom. The molecule has 0 aliphatic carbocycles. The lowest BCUT2D eigenvalue weighted by molar-refractivity contribution is -0.132. The average molecular weight is 294 g/mol. The van der Waals surface area contributed by atoms with Crippen molar-refractivity contribution >= 4 is 5.91 Å². The second kappa shape index (κ2) is 7.85. The van der Waals surface area contributed by atoms with Crippen LogP contribution in [0.3, 0.4) is 0 Å². The van der Waals surface area contributed by atoms with Crippen LogP contribution in [-0.4, -0.2) is 44.4 Å². The topological polar surface area (TPSA) is 74.0 Å². The molecule has 0 unspecified atom stereocenters. The van der Waals surface area contributed by atoms with Gasteiger partial charge in [0.25, 0.3) is 0 Å². The number of benzene rings is 1. The number of hydrogen-bond donors (Lipinski definition) is 1. The quantitative estimate of drug-likeness (QED) is 0.778. The molecule has 2 N–H and O–H groups in total. The molecule has 0 radical (unpaired) electrons.